The van der Waals surface area contributed by atoms with Gasteiger partial charge in [-0.3, -0.25) is 13.9 Å². The van der Waals surface area contributed by atoms with Gasteiger partial charge in [0.1, 0.15) is 0 Å². The Morgan fingerprint density at radius 3 is 1.73 bits per heavy atom. The van der Waals surface area contributed by atoms with Crippen molar-refractivity contribution in [3.8, 4) is 34.4 Å². The summed E-state index contributed by atoms with van der Waals surface area (Å²) in [7, 11) is 0. The molecule has 0 amide bonds. The lowest BCUT2D eigenvalue weighted by atomic mass is 10.0. The fraction of sp³-hybridized carbons (Fsp3) is 0. The lowest BCUT2D eigenvalue weighted by Gasteiger charge is -2.14. The highest BCUT2D eigenvalue weighted by molar-refractivity contribution is 7.26. The molecule has 0 spiro atoms. The number of thiophene rings is 1. The fourth-order valence-electron chi connectivity index (χ4n) is 7.09. The molecule has 0 aliphatic carbocycles. The maximum Gasteiger partial charge on any atom is 0.265 e. The maximum atomic E-state index is 15.2. The summed E-state index contributed by atoms with van der Waals surface area (Å²) in [6.07, 6.45) is 0. The van der Waals surface area contributed by atoms with E-state index in [4.69, 9.17) is 15.0 Å². The third-order valence-electron chi connectivity index (χ3n) is 9.19. The molecule has 4 aromatic heterocycles. The van der Waals surface area contributed by atoms with Crippen molar-refractivity contribution in [3.05, 3.63) is 162 Å². The van der Waals surface area contributed by atoms with Crippen molar-refractivity contribution >= 4 is 64.2 Å². The van der Waals surface area contributed by atoms with Crippen LogP contribution < -0.4 is 5.56 Å². The zero-order valence-corrected chi connectivity index (χ0v) is 26.8. The number of hydrogen-bond donors (Lipinski definition) is 0. The van der Waals surface area contributed by atoms with Gasteiger partial charge in [-0.1, -0.05) is 115 Å². The smallest absolute Gasteiger partial charge is 0.265 e. The van der Waals surface area contributed by atoms with Gasteiger partial charge in [-0.2, -0.15) is 9.97 Å². The SMILES string of the molecule is O=c1c2c3c4c(ccc3n(-c3nc(-c5ccccc5)nc(-c5ccccc5)n3)c2c2ccccc2n1-c1ccccc1)sc1ccccc14. The molecule has 0 aliphatic heterocycles. The van der Waals surface area contributed by atoms with E-state index in [9.17, 15) is 0 Å². The van der Waals surface area contributed by atoms with Gasteiger partial charge in [-0.05, 0) is 36.4 Å². The van der Waals surface area contributed by atoms with Crippen LogP contribution >= 0.6 is 11.3 Å². The van der Waals surface area contributed by atoms with E-state index >= 15 is 4.79 Å². The normalized spacial score (nSPS) is 11.8. The van der Waals surface area contributed by atoms with Crippen LogP contribution in [0.3, 0.4) is 0 Å². The molecule has 0 fully saturated rings. The van der Waals surface area contributed by atoms with Crippen molar-refractivity contribution < 1.29 is 0 Å². The summed E-state index contributed by atoms with van der Waals surface area (Å²) in [6, 6.07) is 50.6. The molecule has 49 heavy (non-hydrogen) atoms. The minimum absolute atomic E-state index is 0.0907. The molecule has 0 bridgehead atoms. The number of hydrogen-bond acceptors (Lipinski definition) is 5. The van der Waals surface area contributed by atoms with Gasteiger partial charge in [0.15, 0.2) is 11.6 Å². The van der Waals surface area contributed by atoms with Gasteiger partial charge >= 0.3 is 0 Å². The van der Waals surface area contributed by atoms with Gasteiger partial charge in [0, 0.05) is 47.8 Å². The molecule has 0 saturated carbocycles. The Hall–Kier alpha value is -6.44. The Bertz CT molecular complexity index is 2890. The minimum atomic E-state index is -0.0907. The number of para-hydroxylation sites is 2. The monoisotopic (exact) mass is 647 g/mol. The van der Waals surface area contributed by atoms with Crippen LogP contribution in [-0.4, -0.2) is 24.1 Å². The number of rotatable bonds is 4. The second kappa shape index (κ2) is 10.8. The van der Waals surface area contributed by atoms with E-state index in [0.717, 1.165) is 59.6 Å². The molecule has 6 nitrogen and oxygen atoms in total. The van der Waals surface area contributed by atoms with E-state index in [0.29, 0.717) is 23.0 Å². The van der Waals surface area contributed by atoms with Crippen molar-refractivity contribution in [1.82, 2.24) is 24.1 Å². The van der Waals surface area contributed by atoms with Gasteiger partial charge in [0.25, 0.3) is 5.56 Å². The molecule has 0 unspecified atom stereocenters. The Morgan fingerprint density at radius 2 is 1.04 bits per heavy atom. The molecule has 4 heterocycles. The van der Waals surface area contributed by atoms with Gasteiger partial charge in [-0.15, -0.1) is 11.3 Å². The van der Waals surface area contributed by atoms with E-state index in [2.05, 4.69) is 47.0 Å². The number of benzene rings is 6. The van der Waals surface area contributed by atoms with Crippen LogP contribution in [0.25, 0.3) is 87.3 Å². The second-order valence-electron chi connectivity index (χ2n) is 12.0. The summed E-state index contributed by atoms with van der Waals surface area (Å²) in [6.45, 7) is 0. The van der Waals surface area contributed by atoms with Gasteiger partial charge in [0.2, 0.25) is 5.95 Å². The van der Waals surface area contributed by atoms with Crippen LogP contribution in [0.4, 0.5) is 0 Å². The fourth-order valence-corrected chi connectivity index (χ4v) is 8.20. The number of aromatic nitrogens is 5. The predicted molar refractivity (Wildman–Crippen MR) is 201 cm³/mol. The standard InChI is InChI=1S/C42H25N5OS/c48-41-37-36-32(24-25-34-35(36)30-21-11-13-23-33(30)49-34)47(38(37)29-20-10-12-22-31(29)46(41)28-18-8-3-9-19-28)42-44-39(26-14-4-1-5-15-26)43-40(45-42)27-16-6-2-7-17-27/h1-25H. The zero-order chi connectivity index (χ0) is 32.5. The third-order valence-corrected chi connectivity index (χ3v) is 10.3. The first-order chi connectivity index (χ1) is 24.2. The lowest BCUT2D eigenvalue weighted by Crippen LogP contribution is -2.19. The third kappa shape index (κ3) is 4.19. The first-order valence-electron chi connectivity index (χ1n) is 16.1. The molecule has 10 rings (SSSR count). The summed E-state index contributed by atoms with van der Waals surface area (Å²) >= 11 is 1.74. The first kappa shape index (κ1) is 27.7. The minimum Gasteiger partial charge on any atom is -0.277 e. The summed E-state index contributed by atoms with van der Waals surface area (Å²) in [5, 5.41) is 4.64. The topological polar surface area (TPSA) is 65.6 Å². The van der Waals surface area contributed by atoms with E-state index in [-0.39, 0.29) is 5.56 Å². The second-order valence-corrected chi connectivity index (χ2v) is 13.1. The highest BCUT2D eigenvalue weighted by atomic mass is 32.1. The average molecular weight is 648 g/mol. The quantitative estimate of drug-likeness (QED) is 0.191. The maximum absolute atomic E-state index is 15.2. The lowest BCUT2D eigenvalue weighted by molar-refractivity contribution is 0.953. The Labute approximate surface area is 283 Å². The van der Waals surface area contributed by atoms with Gasteiger partial charge in [-0.25, -0.2) is 4.98 Å². The van der Waals surface area contributed by atoms with Crippen molar-refractivity contribution in [2.75, 3.05) is 0 Å². The van der Waals surface area contributed by atoms with Crippen LogP contribution in [0, 0.1) is 0 Å². The molecular formula is C42H25N5OS. The summed E-state index contributed by atoms with van der Waals surface area (Å²) in [5.74, 6) is 1.57. The van der Waals surface area contributed by atoms with Crippen LogP contribution in [0.15, 0.2) is 156 Å². The van der Waals surface area contributed by atoms with Crippen molar-refractivity contribution in [3.63, 3.8) is 0 Å². The number of nitrogens with zero attached hydrogens (tertiary/aromatic N) is 5. The first-order valence-corrected chi connectivity index (χ1v) is 16.9. The number of pyridine rings is 1. The molecule has 0 aliphatic rings. The van der Waals surface area contributed by atoms with Crippen molar-refractivity contribution in [1.29, 1.82) is 0 Å². The van der Waals surface area contributed by atoms with Crippen molar-refractivity contribution in [2.24, 2.45) is 0 Å². The molecule has 0 radical (unpaired) electrons. The van der Waals surface area contributed by atoms with Crippen LogP contribution in [0.5, 0.6) is 0 Å². The Morgan fingerprint density at radius 1 is 0.449 bits per heavy atom. The summed E-state index contributed by atoms with van der Waals surface area (Å²) in [4.78, 5) is 30.4. The summed E-state index contributed by atoms with van der Waals surface area (Å²) < 4.78 is 6.22. The Kier molecular flexibility index (Phi) is 6.10. The molecule has 6 aromatic carbocycles. The van der Waals surface area contributed by atoms with Crippen LogP contribution in [-0.2, 0) is 0 Å². The van der Waals surface area contributed by atoms with Crippen LogP contribution in [0.2, 0.25) is 0 Å². The van der Waals surface area contributed by atoms with E-state index in [1.54, 1.807) is 11.3 Å². The molecule has 230 valence electrons. The van der Waals surface area contributed by atoms with E-state index < -0.39 is 0 Å². The molecule has 0 atom stereocenters. The zero-order valence-electron chi connectivity index (χ0n) is 26.0. The summed E-state index contributed by atoms with van der Waals surface area (Å²) in [5.41, 5.74) is 4.93. The van der Waals surface area contributed by atoms with Crippen molar-refractivity contribution in [2.45, 2.75) is 0 Å². The Balaban J connectivity index is 1.45. The number of fused-ring (bicyclic) bond motifs is 9. The molecule has 7 heteroatoms. The largest absolute Gasteiger partial charge is 0.277 e. The van der Waals surface area contributed by atoms with E-state index in [1.807, 2.05) is 114 Å². The predicted octanol–water partition coefficient (Wildman–Crippen LogP) is 9.97. The van der Waals surface area contributed by atoms with Gasteiger partial charge in [0.05, 0.1) is 21.9 Å². The molecule has 0 N–H and O–H groups in total. The van der Waals surface area contributed by atoms with Gasteiger partial charge < -0.3 is 0 Å². The highest BCUT2D eigenvalue weighted by Crippen LogP contribution is 2.44. The molecular weight excluding hydrogens is 623 g/mol. The average Bonchev–Trinajstić information content (AvgIpc) is 3.72. The molecule has 0 saturated heterocycles. The highest BCUT2D eigenvalue weighted by Gasteiger charge is 2.26. The molecule has 10 aromatic rings. The van der Waals surface area contributed by atoms with Crippen LogP contribution in [0.1, 0.15) is 0 Å². The van der Waals surface area contributed by atoms with E-state index in [1.165, 1.54) is 4.70 Å².